The van der Waals surface area contributed by atoms with Crippen molar-refractivity contribution < 1.29 is 23.9 Å². The number of hydrogen-bond acceptors (Lipinski definition) is 6. The lowest BCUT2D eigenvalue weighted by Gasteiger charge is -2.19. The van der Waals surface area contributed by atoms with Crippen LogP contribution in [0, 0.1) is 5.41 Å². The number of rotatable bonds is 5. The lowest BCUT2D eigenvalue weighted by Crippen LogP contribution is -2.34. The van der Waals surface area contributed by atoms with Crippen molar-refractivity contribution in [2.24, 2.45) is 5.41 Å². The van der Waals surface area contributed by atoms with Gasteiger partial charge in [-0.3, -0.25) is 19.3 Å². The van der Waals surface area contributed by atoms with Crippen LogP contribution in [0.2, 0.25) is 0 Å². The summed E-state index contributed by atoms with van der Waals surface area (Å²) in [6.07, 6.45) is 1.41. The first-order valence-electron chi connectivity index (χ1n) is 8.30. The summed E-state index contributed by atoms with van der Waals surface area (Å²) in [4.78, 5) is 49.8. The molecule has 2 rings (SSSR count). The highest BCUT2D eigenvalue weighted by atomic mass is 32.2. The molecule has 0 bridgehead atoms. The zero-order valence-electron chi connectivity index (χ0n) is 15.7. The van der Waals surface area contributed by atoms with Gasteiger partial charge in [-0.1, -0.05) is 44.7 Å². The highest BCUT2D eigenvalue weighted by molar-refractivity contribution is 8.04. The van der Waals surface area contributed by atoms with Crippen molar-refractivity contribution in [1.29, 1.82) is 0 Å². The Morgan fingerprint density at radius 1 is 1.26 bits per heavy atom. The standard InChI is InChI=1S/C19H22N2O5S/c1-19(2,3)14(22)9-17-21(16(24)11-27-17)10-15(23)20-13-8-6-5-7-12(13)18(25)26-4/h5-9H,10-11H2,1-4H3,(H,20,23)/b17-9-. The first-order valence-corrected chi connectivity index (χ1v) is 9.28. The molecule has 144 valence electrons. The summed E-state index contributed by atoms with van der Waals surface area (Å²) < 4.78 is 4.70. The topological polar surface area (TPSA) is 92.8 Å². The third-order valence-electron chi connectivity index (χ3n) is 3.81. The lowest BCUT2D eigenvalue weighted by atomic mass is 9.91. The Morgan fingerprint density at radius 3 is 2.56 bits per heavy atom. The Morgan fingerprint density at radius 2 is 1.93 bits per heavy atom. The van der Waals surface area contributed by atoms with Crippen LogP contribution in [-0.4, -0.2) is 47.9 Å². The predicted molar refractivity (Wildman–Crippen MR) is 103 cm³/mol. The van der Waals surface area contributed by atoms with Crippen LogP contribution in [0.4, 0.5) is 5.69 Å². The third-order valence-corrected chi connectivity index (χ3v) is 4.84. The molecule has 1 saturated heterocycles. The molecule has 0 atom stereocenters. The summed E-state index contributed by atoms with van der Waals surface area (Å²) in [7, 11) is 1.25. The Balaban J connectivity index is 2.15. The molecule has 0 aromatic heterocycles. The van der Waals surface area contributed by atoms with Gasteiger partial charge in [0.15, 0.2) is 5.78 Å². The molecule has 8 heteroatoms. The predicted octanol–water partition coefficient (Wildman–Crippen LogP) is 2.44. The fourth-order valence-electron chi connectivity index (χ4n) is 2.24. The smallest absolute Gasteiger partial charge is 0.339 e. The van der Waals surface area contributed by atoms with E-state index in [4.69, 9.17) is 4.74 Å². The van der Waals surface area contributed by atoms with Crippen LogP contribution < -0.4 is 5.32 Å². The molecular formula is C19H22N2O5S. The fraction of sp³-hybridized carbons (Fsp3) is 0.368. The summed E-state index contributed by atoms with van der Waals surface area (Å²) in [5.41, 5.74) is -0.0638. The van der Waals surface area contributed by atoms with E-state index in [-0.39, 0.29) is 29.6 Å². The summed E-state index contributed by atoms with van der Waals surface area (Å²) in [6.45, 7) is 5.11. The number of allylic oxidation sites excluding steroid dienone is 1. The van der Waals surface area contributed by atoms with Crippen molar-refractivity contribution in [3.63, 3.8) is 0 Å². The second kappa shape index (κ2) is 8.39. The van der Waals surface area contributed by atoms with Crippen LogP contribution in [0.1, 0.15) is 31.1 Å². The Labute approximate surface area is 162 Å². The van der Waals surface area contributed by atoms with Crippen LogP contribution in [-0.2, 0) is 19.1 Å². The Kier molecular flexibility index (Phi) is 6.43. The number of hydrogen-bond donors (Lipinski definition) is 1. The first-order chi connectivity index (χ1) is 12.6. The van der Waals surface area contributed by atoms with Crippen molar-refractivity contribution in [2.45, 2.75) is 20.8 Å². The van der Waals surface area contributed by atoms with E-state index in [1.54, 1.807) is 39.0 Å². The van der Waals surface area contributed by atoms with Crippen LogP contribution in [0.25, 0.3) is 0 Å². The van der Waals surface area contributed by atoms with Gasteiger partial charge in [-0.15, -0.1) is 0 Å². The summed E-state index contributed by atoms with van der Waals surface area (Å²) in [5, 5.41) is 3.08. The largest absolute Gasteiger partial charge is 0.465 e. The number of para-hydroxylation sites is 1. The molecule has 0 aliphatic carbocycles. The molecule has 0 spiro atoms. The first kappa shape index (κ1) is 20.7. The summed E-state index contributed by atoms with van der Waals surface area (Å²) in [6, 6.07) is 6.43. The summed E-state index contributed by atoms with van der Waals surface area (Å²) in [5.74, 6) is -1.24. The van der Waals surface area contributed by atoms with E-state index < -0.39 is 17.3 Å². The SMILES string of the molecule is COC(=O)c1ccccc1NC(=O)CN1C(=O)CS/C1=C\C(=O)C(C)(C)C. The normalized spacial score (nSPS) is 15.8. The number of nitrogens with one attached hydrogen (secondary N) is 1. The number of thioether (sulfide) groups is 1. The number of carbonyl (C=O) groups is 4. The molecule has 1 aliphatic rings. The highest BCUT2D eigenvalue weighted by Crippen LogP contribution is 2.30. The van der Waals surface area contributed by atoms with E-state index in [0.29, 0.717) is 10.7 Å². The number of nitrogens with zero attached hydrogens (tertiary/aromatic N) is 1. The number of benzene rings is 1. The van der Waals surface area contributed by atoms with Crippen LogP contribution in [0.3, 0.4) is 0 Å². The quantitative estimate of drug-likeness (QED) is 0.613. The molecule has 1 fully saturated rings. The molecule has 27 heavy (non-hydrogen) atoms. The van der Waals surface area contributed by atoms with Crippen molar-refractivity contribution >= 4 is 41.0 Å². The number of carbonyl (C=O) groups excluding carboxylic acids is 4. The second-order valence-corrected chi connectivity index (χ2v) is 7.95. The highest BCUT2D eigenvalue weighted by Gasteiger charge is 2.31. The molecule has 7 nitrogen and oxygen atoms in total. The maximum absolute atomic E-state index is 12.4. The number of esters is 1. The van der Waals surface area contributed by atoms with Gasteiger partial charge < -0.3 is 10.1 Å². The number of anilines is 1. The Bertz CT molecular complexity index is 811. The average Bonchev–Trinajstić information content (AvgIpc) is 2.94. The van der Waals surface area contributed by atoms with Crippen molar-refractivity contribution in [1.82, 2.24) is 4.90 Å². The maximum Gasteiger partial charge on any atom is 0.339 e. The number of amides is 2. The van der Waals surface area contributed by atoms with E-state index in [1.807, 2.05) is 0 Å². The minimum absolute atomic E-state index is 0.124. The van der Waals surface area contributed by atoms with E-state index in [1.165, 1.54) is 35.9 Å². The molecular weight excluding hydrogens is 368 g/mol. The second-order valence-electron chi connectivity index (χ2n) is 6.95. The maximum atomic E-state index is 12.4. The van der Waals surface area contributed by atoms with Gasteiger partial charge in [0, 0.05) is 11.5 Å². The van der Waals surface area contributed by atoms with Gasteiger partial charge in [-0.25, -0.2) is 4.79 Å². The monoisotopic (exact) mass is 390 g/mol. The number of ketones is 1. The third kappa shape index (κ3) is 5.19. The van der Waals surface area contributed by atoms with Gasteiger partial charge in [0.1, 0.15) is 6.54 Å². The molecule has 0 saturated carbocycles. The van der Waals surface area contributed by atoms with E-state index in [9.17, 15) is 19.2 Å². The van der Waals surface area contributed by atoms with Crippen LogP contribution >= 0.6 is 11.8 Å². The van der Waals surface area contributed by atoms with Gasteiger partial charge in [0.25, 0.3) is 0 Å². The van der Waals surface area contributed by atoms with Crippen molar-refractivity contribution in [3.8, 4) is 0 Å². The zero-order valence-corrected chi connectivity index (χ0v) is 16.5. The van der Waals surface area contributed by atoms with Gasteiger partial charge in [-0.2, -0.15) is 0 Å². The van der Waals surface area contributed by atoms with E-state index in [0.717, 1.165) is 0 Å². The molecule has 0 radical (unpaired) electrons. The van der Waals surface area contributed by atoms with Crippen LogP contribution in [0.5, 0.6) is 0 Å². The van der Waals surface area contributed by atoms with Gasteiger partial charge in [-0.05, 0) is 12.1 Å². The Hall–Kier alpha value is -2.61. The van der Waals surface area contributed by atoms with E-state index >= 15 is 0 Å². The number of methoxy groups -OCH3 is 1. The molecule has 1 N–H and O–H groups in total. The molecule has 1 heterocycles. The summed E-state index contributed by atoms with van der Waals surface area (Å²) >= 11 is 1.23. The molecule has 2 amide bonds. The lowest BCUT2D eigenvalue weighted by molar-refractivity contribution is -0.129. The van der Waals surface area contributed by atoms with Crippen LogP contribution in [0.15, 0.2) is 35.4 Å². The fourth-order valence-corrected chi connectivity index (χ4v) is 3.18. The van der Waals surface area contributed by atoms with Gasteiger partial charge >= 0.3 is 5.97 Å². The average molecular weight is 390 g/mol. The minimum atomic E-state index is -0.577. The molecule has 1 aromatic carbocycles. The zero-order chi connectivity index (χ0) is 20.2. The van der Waals surface area contributed by atoms with Gasteiger partial charge in [0.05, 0.1) is 29.1 Å². The van der Waals surface area contributed by atoms with Crippen molar-refractivity contribution in [2.75, 3.05) is 24.7 Å². The molecule has 1 aliphatic heterocycles. The van der Waals surface area contributed by atoms with Crippen molar-refractivity contribution in [3.05, 3.63) is 40.9 Å². The molecule has 1 aromatic rings. The molecule has 0 unspecified atom stereocenters. The van der Waals surface area contributed by atoms with E-state index in [2.05, 4.69) is 5.32 Å². The minimum Gasteiger partial charge on any atom is -0.465 e. The van der Waals surface area contributed by atoms with Gasteiger partial charge in [0.2, 0.25) is 11.8 Å². The number of ether oxygens (including phenoxy) is 1.